The SMILES string of the molecule is COc1ccc(CC(=O)N2CCC3(CC2)CN(C2CCc4cc(-c5ccnc(C)n5)ccc42)C3)nc1. The summed E-state index contributed by atoms with van der Waals surface area (Å²) in [7, 11) is 1.62. The van der Waals surface area contributed by atoms with Crippen molar-refractivity contribution in [2.75, 3.05) is 33.3 Å². The number of likely N-dealkylation sites (tertiary alicyclic amines) is 2. The lowest BCUT2D eigenvalue weighted by molar-refractivity contribution is -0.136. The maximum atomic E-state index is 12.8. The van der Waals surface area contributed by atoms with Crippen molar-refractivity contribution in [1.82, 2.24) is 24.8 Å². The maximum Gasteiger partial charge on any atom is 0.228 e. The van der Waals surface area contributed by atoms with E-state index in [0.29, 0.717) is 23.6 Å². The normalized spacial score (nSPS) is 20.7. The van der Waals surface area contributed by atoms with Crippen molar-refractivity contribution in [3.63, 3.8) is 0 Å². The molecule has 1 aromatic carbocycles. The van der Waals surface area contributed by atoms with Crippen molar-refractivity contribution >= 4 is 5.91 Å². The smallest absolute Gasteiger partial charge is 0.228 e. The topological polar surface area (TPSA) is 71.5 Å². The number of hydrogen-bond acceptors (Lipinski definition) is 6. The summed E-state index contributed by atoms with van der Waals surface area (Å²) in [5.74, 6) is 1.70. The van der Waals surface area contributed by atoms with Crippen molar-refractivity contribution in [1.29, 1.82) is 0 Å². The molecule has 7 heteroatoms. The first kappa shape index (κ1) is 23.1. The van der Waals surface area contributed by atoms with Gasteiger partial charge in [0.1, 0.15) is 11.6 Å². The van der Waals surface area contributed by atoms with E-state index in [1.54, 1.807) is 13.3 Å². The Balaban J connectivity index is 1.04. The molecule has 1 spiro atoms. The molecule has 2 aliphatic heterocycles. The fraction of sp³-hybridized carbons (Fsp3) is 0.448. The van der Waals surface area contributed by atoms with Crippen LogP contribution < -0.4 is 4.74 Å². The third-order valence-electron chi connectivity index (χ3n) is 8.32. The molecule has 3 aliphatic rings. The van der Waals surface area contributed by atoms with E-state index in [1.807, 2.05) is 36.2 Å². The number of fused-ring (bicyclic) bond motifs is 1. The van der Waals surface area contributed by atoms with E-state index in [1.165, 1.54) is 23.1 Å². The highest BCUT2D eigenvalue weighted by molar-refractivity contribution is 5.78. The van der Waals surface area contributed by atoms with Gasteiger partial charge in [0, 0.05) is 49.7 Å². The monoisotopic (exact) mass is 483 g/mol. The van der Waals surface area contributed by atoms with Gasteiger partial charge in [-0.25, -0.2) is 9.97 Å². The minimum atomic E-state index is 0.179. The average Bonchev–Trinajstić information content (AvgIpc) is 3.31. The first-order chi connectivity index (χ1) is 17.5. The van der Waals surface area contributed by atoms with E-state index in [-0.39, 0.29) is 5.91 Å². The Morgan fingerprint density at radius 2 is 1.94 bits per heavy atom. The molecule has 4 heterocycles. The van der Waals surface area contributed by atoms with Gasteiger partial charge >= 0.3 is 0 Å². The molecule has 0 saturated carbocycles. The molecule has 1 amide bonds. The molecule has 36 heavy (non-hydrogen) atoms. The van der Waals surface area contributed by atoms with Crippen LogP contribution in [0.3, 0.4) is 0 Å². The Labute approximate surface area is 212 Å². The molecule has 1 atom stereocenters. The Morgan fingerprint density at radius 3 is 2.67 bits per heavy atom. The second-order valence-corrected chi connectivity index (χ2v) is 10.6. The molecule has 186 valence electrons. The van der Waals surface area contributed by atoms with Crippen molar-refractivity contribution in [2.45, 2.75) is 45.1 Å². The molecular formula is C29H33N5O2. The standard InChI is InChI=1S/C29H33N5O2/c1-20-30-12-9-26(32-20)22-3-7-25-21(15-22)4-8-27(25)34-18-29(19-34)10-13-33(14-11-29)28(35)16-23-5-6-24(36-2)17-31-23/h3,5-7,9,12,15,17,27H,4,8,10-11,13-14,16,18-19H2,1-2H3. The van der Waals surface area contributed by atoms with Crippen molar-refractivity contribution in [2.24, 2.45) is 5.41 Å². The number of aromatic nitrogens is 3. The van der Waals surface area contributed by atoms with Crippen LogP contribution in [0.2, 0.25) is 0 Å². The summed E-state index contributed by atoms with van der Waals surface area (Å²) in [5, 5.41) is 0. The van der Waals surface area contributed by atoms with Crippen LogP contribution in [0.1, 0.15) is 47.9 Å². The summed E-state index contributed by atoms with van der Waals surface area (Å²) in [5.41, 5.74) is 6.30. The number of pyridine rings is 1. The molecule has 0 N–H and O–H groups in total. The Bertz CT molecular complexity index is 1260. The van der Waals surface area contributed by atoms with Crippen LogP contribution in [0.15, 0.2) is 48.8 Å². The van der Waals surface area contributed by atoms with Crippen molar-refractivity contribution < 1.29 is 9.53 Å². The second-order valence-electron chi connectivity index (χ2n) is 10.6. The number of rotatable bonds is 5. The molecule has 0 radical (unpaired) electrons. The number of carbonyl (C=O) groups is 1. The minimum Gasteiger partial charge on any atom is -0.495 e. The van der Waals surface area contributed by atoms with Gasteiger partial charge in [-0.15, -0.1) is 0 Å². The lowest BCUT2D eigenvalue weighted by atomic mass is 9.71. The van der Waals surface area contributed by atoms with Gasteiger partial charge in [0.25, 0.3) is 0 Å². The number of amides is 1. The number of hydrogen-bond donors (Lipinski definition) is 0. The summed E-state index contributed by atoms with van der Waals surface area (Å²) >= 11 is 0. The third kappa shape index (κ3) is 4.37. The van der Waals surface area contributed by atoms with Gasteiger partial charge in [0.2, 0.25) is 5.91 Å². The third-order valence-corrected chi connectivity index (χ3v) is 8.32. The van der Waals surface area contributed by atoms with Crippen LogP contribution in [-0.2, 0) is 17.6 Å². The van der Waals surface area contributed by atoms with Gasteiger partial charge < -0.3 is 9.64 Å². The summed E-state index contributed by atoms with van der Waals surface area (Å²) in [6, 6.07) is 13.1. The number of nitrogens with zero attached hydrogens (tertiary/aromatic N) is 5. The summed E-state index contributed by atoms with van der Waals surface area (Å²) < 4.78 is 5.16. The lowest BCUT2D eigenvalue weighted by Gasteiger charge is -2.56. The van der Waals surface area contributed by atoms with E-state index >= 15 is 0 Å². The summed E-state index contributed by atoms with van der Waals surface area (Å²) in [6.45, 7) is 5.93. The van der Waals surface area contributed by atoms with Gasteiger partial charge in [0.05, 0.1) is 25.4 Å². The number of piperidine rings is 1. The predicted molar refractivity (Wildman–Crippen MR) is 138 cm³/mol. The Hall–Kier alpha value is -3.32. The number of carbonyl (C=O) groups excluding carboxylic acids is 1. The zero-order valence-electron chi connectivity index (χ0n) is 21.1. The summed E-state index contributed by atoms with van der Waals surface area (Å²) in [6.07, 6.45) is 8.38. The Morgan fingerprint density at radius 1 is 1.11 bits per heavy atom. The first-order valence-electron chi connectivity index (χ1n) is 13.0. The molecule has 2 aromatic heterocycles. The van der Waals surface area contributed by atoms with Crippen LogP contribution in [0.5, 0.6) is 5.75 Å². The van der Waals surface area contributed by atoms with Crippen LogP contribution in [0.4, 0.5) is 0 Å². The molecular weight excluding hydrogens is 450 g/mol. The minimum absolute atomic E-state index is 0.179. The second kappa shape index (κ2) is 9.28. The highest BCUT2D eigenvalue weighted by Crippen LogP contribution is 2.48. The van der Waals surface area contributed by atoms with E-state index in [4.69, 9.17) is 4.74 Å². The molecule has 1 unspecified atom stereocenters. The van der Waals surface area contributed by atoms with Crippen LogP contribution in [-0.4, -0.2) is 63.9 Å². The van der Waals surface area contributed by atoms with Gasteiger partial charge in [-0.05, 0) is 73.4 Å². The zero-order valence-corrected chi connectivity index (χ0v) is 21.1. The van der Waals surface area contributed by atoms with E-state index in [0.717, 1.165) is 62.7 Å². The van der Waals surface area contributed by atoms with Gasteiger partial charge in [-0.2, -0.15) is 0 Å². The lowest BCUT2D eigenvalue weighted by Crippen LogP contribution is -2.61. The van der Waals surface area contributed by atoms with Crippen LogP contribution in [0.25, 0.3) is 11.3 Å². The van der Waals surface area contributed by atoms with Crippen LogP contribution >= 0.6 is 0 Å². The number of methoxy groups -OCH3 is 1. The molecule has 7 nitrogen and oxygen atoms in total. The quantitative estimate of drug-likeness (QED) is 0.546. The van der Waals surface area contributed by atoms with Crippen molar-refractivity contribution in [3.05, 3.63) is 71.4 Å². The molecule has 1 aliphatic carbocycles. The fourth-order valence-corrected chi connectivity index (χ4v) is 6.24. The fourth-order valence-electron chi connectivity index (χ4n) is 6.24. The van der Waals surface area contributed by atoms with E-state index in [9.17, 15) is 4.79 Å². The molecule has 2 saturated heterocycles. The molecule has 2 fully saturated rings. The highest BCUT2D eigenvalue weighted by Gasteiger charge is 2.48. The average molecular weight is 484 g/mol. The van der Waals surface area contributed by atoms with Gasteiger partial charge in [0.15, 0.2) is 0 Å². The number of benzene rings is 1. The Kier molecular flexibility index (Phi) is 5.96. The zero-order chi connectivity index (χ0) is 24.7. The predicted octanol–water partition coefficient (Wildman–Crippen LogP) is 4.01. The summed E-state index contributed by atoms with van der Waals surface area (Å²) in [4.78, 5) is 30.7. The number of aryl methyl sites for hydroxylation is 2. The van der Waals surface area contributed by atoms with Crippen molar-refractivity contribution in [3.8, 4) is 17.0 Å². The molecule has 0 bridgehead atoms. The largest absolute Gasteiger partial charge is 0.495 e. The number of ether oxygens (including phenoxy) is 1. The van der Waals surface area contributed by atoms with Crippen LogP contribution in [0, 0.1) is 12.3 Å². The van der Waals surface area contributed by atoms with Gasteiger partial charge in [-0.3, -0.25) is 14.7 Å². The first-order valence-corrected chi connectivity index (χ1v) is 13.0. The molecule has 3 aromatic rings. The molecule has 6 rings (SSSR count). The maximum absolute atomic E-state index is 12.8. The van der Waals surface area contributed by atoms with Gasteiger partial charge in [-0.1, -0.05) is 12.1 Å². The van der Waals surface area contributed by atoms with E-state index in [2.05, 4.69) is 38.1 Å². The van der Waals surface area contributed by atoms with E-state index < -0.39 is 0 Å². The highest BCUT2D eigenvalue weighted by atomic mass is 16.5.